The Labute approximate surface area is 160 Å². The molecule has 152 valence electrons. The highest BCUT2D eigenvalue weighted by Crippen LogP contribution is 2.49. The summed E-state index contributed by atoms with van der Waals surface area (Å²) in [4.78, 5) is 6.88. The van der Waals surface area contributed by atoms with Gasteiger partial charge in [-0.1, -0.05) is 12.1 Å². The van der Waals surface area contributed by atoms with E-state index in [1.807, 2.05) is 25.8 Å². The number of guanidine groups is 1. The first-order valence-electron chi connectivity index (χ1n) is 9.59. The number of hydrogen-bond donors (Lipinski definition) is 1. The Morgan fingerprint density at radius 3 is 2.52 bits per heavy atom. The number of benzene rings is 1. The van der Waals surface area contributed by atoms with E-state index >= 15 is 0 Å². The zero-order chi connectivity index (χ0) is 19.7. The minimum absolute atomic E-state index is 0.168. The fourth-order valence-corrected chi connectivity index (χ4v) is 2.93. The standard InChI is InChI=1S/C20H31F2N3O2/c1-4-23-19(24-15-20(10-11-20)12-13-26-5-2)25(3)14-16-6-8-17(9-7-16)27-18(21)22/h6-9,18H,4-5,10-15H2,1-3H3,(H,23,24). The summed E-state index contributed by atoms with van der Waals surface area (Å²) in [5.74, 6) is 1.02. The third-order valence-electron chi connectivity index (χ3n) is 4.77. The molecule has 1 aliphatic rings. The lowest BCUT2D eigenvalue weighted by Gasteiger charge is -2.23. The first-order chi connectivity index (χ1) is 13.0. The van der Waals surface area contributed by atoms with E-state index in [2.05, 4.69) is 10.1 Å². The molecule has 0 unspecified atom stereocenters. The van der Waals surface area contributed by atoms with Crippen molar-refractivity contribution in [1.82, 2.24) is 10.2 Å². The van der Waals surface area contributed by atoms with Crippen LogP contribution in [0.25, 0.3) is 0 Å². The minimum Gasteiger partial charge on any atom is -0.435 e. The molecular weight excluding hydrogens is 352 g/mol. The molecule has 1 aliphatic carbocycles. The largest absolute Gasteiger partial charge is 0.435 e. The van der Waals surface area contributed by atoms with Crippen LogP contribution in [0.2, 0.25) is 0 Å². The number of ether oxygens (including phenoxy) is 2. The molecule has 0 aromatic heterocycles. The summed E-state index contributed by atoms with van der Waals surface area (Å²) in [6.45, 7) is 5.03. The molecule has 27 heavy (non-hydrogen) atoms. The molecule has 0 spiro atoms. The van der Waals surface area contributed by atoms with Crippen molar-refractivity contribution in [3.05, 3.63) is 29.8 Å². The fraction of sp³-hybridized carbons (Fsp3) is 0.650. The van der Waals surface area contributed by atoms with Crippen LogP contribution in [0.3, 0.4) is 0 Å². The Kier molecular flexibility index (Phi) is 8.28. The highest BCUT2D eigenvalue weighted by Gasteiger charge is 2.42. The highest BCUT2D eigenvalue weighted by atomic mass is 19.3. The molecular formula is C20H31F2N3O2. The molecule has 0 saturated heterocycles. The van der Waals surface area contributed by atoms with Crippen molar-refractivity contribution in [2.24, 2.45) is 10.4 Å². The molecule has 1 saturated carbocycles. The Balaban J connectivity index is 1.92. The molecule has 7 heteroatoms. The van der Waals surface area contributed by atoms with E-state index in [0.717, 1.165) is 44.2 Å². The molecule has 1 aromatic rings. The lowest BCUT2D eigenvalue weighted by atomic mass is 10.0. The molecule has 2 rings (SSSR count). The molecule has 1 aromatic carbocycles. The van der Waals surface area contributed by atoms with Gasteiger partial charge >= 0.3 is 6.61 Å². The summed E-state index contributed by atoms with van der Waals surface area (Å²) >= 11 is 0. The van der Waals surface area contributed by atoms with E-state index in [0.29, 0.717) is 12.0 Å². The van der Waals surface area contributed by atoms with Gasteiger partial charge in [0.05, 0.1) is 0 Å². The quantitative estimate of drug-likeness (QED) is 0.358. The zero-order valence-electron chi connectivity index (χ0n) is 16.5. The van der Waals surface area contributed by atoms with Gasteiger partial charge in [-0.3, -0.25) is 4.99 Å². The number of alkyl halides is 2. The topological polar surface area (TPSA) is 46.1 Å². The van der Waals surface area contributed by atoms with Gasteiger partial charge in [0.2, 0.25) is 0 Å². The Hall–Kier alpha value is -1.89. The molecule has 0 aliphatic heterocycles. The van der Waals surface area contributed by atoms with Crippen molar-refractivity contribution in [2.45, 2.75) is 46.3 Å². The van der Waals surface area contributed by atoms with Gasteiger partial charge in [0.1, 0.15) is 5.75 Å². The second-order valence-electron chi connectivity index (χ2n) is 7.00. The van der Waals surface area contributed by atoms with Gasteiger partial charge < -0.3 is 19.7 Å². The average Bonchev–Trinajstić information content (AvgIpc) is 3.40. The zero-order valence-corrected chi connectivity index (χ0v) is 16.5. The summed E-state index contributed by atoms with van der Waals surface area (Å²) in [7, 11) is 1.98. The van der Waals surface area contributed by atoms with Crippen molar-refractivity contribution in [2.75, 3.05) is 33.4 Å². The van der Waals surface area contributed by atoms with Crippen LogP contribution >= 0.6 is 0 Å². The second-order valence-corrected chi connectivity index (χ2v) is 7.00. The lowest BCUT2D eigenvalue weighted by molar-refractivity contribution is -0.0498. The third-order valence-corrected chi connectivity index (χ3v) is 4.77. The van der Waals surface area contributed by atoms with Gasteiger partial charge in [0, 0.05) is 39.9 Å². The predicted octanol–water partition coefficient (Wildman–Crippen LogP) is 3.89. The lowest BCUT2D eigenvalue weighted by Crippen LogP contribution is -2.39. The number of hydrogen-bond acceptors (Lipinski definition) is 3. The number of aliphatic imine (C=N–C) groups is 1. The van der Waals surface area contributed by atoms with Crippen LogP contribution in [-0.4, -0.2) is 50.8 Å². The second kappa shape index (κ2) is 10.4. The van der Waals surface area contributed by atoms with E-state index in [1.165, 1.54) is 12.8 Å². The van der Waals surface area contributed by atoms with Crippen LogP contribution in [0.4, 0.5) is 8.78 Å². The maximum Gasteiger partial charge on any atom is 0.387 e. The van der Waals surface area contributed by atoms with Crippen LogP contribution in [0, 0.1) is 5.41 Å². The summed E-state index contributed by atoms with van der Waals surface area (Å²) in [5.41, 5.74) is 1.30. The molecule has 0 amide bonds. The number of halogens is 2. The van der Waals surface area contributed by atoms with Gasteiger partial charge in [-0.05, 0) is 56.2 Å². The highest BCUT2D eigenvalue weighted by molar-refractivity contribution is 5.79. The Bertz CT molecular complexity index is 589. The summed E-state index contributed by atoms with van der Waals surface area (Å²) in [5, 5.41) is 3.33. The number of nitrogens with zero attached hydrogens (tertiary/aromatic N) is 2. The van der Waals surface area contributed by atoms with Gasteiger partial charge in [-0.25, -0.2) is 0 Å². The van der Waals surface area contributed by atoms with Crippen molar-refractivity contribution in [1.29, 1.82) is 0 Å². The van der Waals surface area contributed by atoms with Crippen LogP contribution in [0.1, 0.15) is 38.7 Å². The smallest absolute Gasteiger partial charge is 0.387 e. The van der Waals surface area contributed by atoms with Crippen LogP contribution in [-0.2, 0) is 11.3 Å². The predicted molar refractivity (Wildman–Crippen MR) is 103 cm³/mol. The summed E-state index contributed by atoms with van der Waals surface area (Å²) in [6, 6.07) is 6.71. The van der Waals surface area contributed by atoms with Gasteiger partial charge in [0.15, 0.2) is 5.96 Å². The first-order valence-corrected chi connectivity index (χ1v) is 9.59. The van der Waals surface area contributed by atoms with Crippen molar-refractivity contribution in [3.8, 4) is 5.75 Å². The SMILES string of the molecule is CCNC(=NCC1(CCOCC)CC1)N(C)Cc1ccc(OC(F)F)cc1. The Morgan fingerprint density at radius 1 is 1.26 bits per heavy atom. The van der Waals surface area contributed by atoms with E-state index in [4.69, 9.17) is 9.73 Å². The van der Waals surface area contributed by atoms with Crippen molar-refractivity contribution < 1.29 is 18.3 Å². The molecule has 1 fully saturated rings. The van der Waals surface area contributed by atoms with Gasteiger partial charge in [-0.2, -0.15) is 8.78 Å². The molecule has 1 N–H and O–H groups in total. The van der Waals surface area contributed by atoms with Crippen LogP contribution in [0.5, 0.6) is 5.75 Å². The Morgan fingerprint density at radius 2 is 1.96 bits per heavy atom. The fourth-order valence-electron chi connectivity index (χ4n) is 2.93. The normalized spacial score (nSPS) is 15.7. The van der Waals surface area contributed by atoms with Gasteiger partial charge in [0.25, 0.3) is 0 Å². The van der Waals surface area contributed by atoms with Crippen molar-refractivity contribution in [3.63, 3.8) is 0 Å². The van der Waals surface area contributed by atoms with E-state index in [1.54, 1.807) is 24.3 Å². The average molecular weight is 383 g/mol. The third kappa shape index (κ3) is 7.33. The van der Waals surface area contributed by atoms with E-state index in [9.17, 15) is 8.78 Å². The van der Waals surface area contributed by atoms with Crippen LogP contribution < -0.4 is 10.1 Å². The summed E-state index contributed by atoms with van der Waals surface area (Å²) in [6.07, 6.45) is 3.47. The van der Waals surface area contributed by atoms with Crippen molar-refractivity contribution >= 4 is 5.96 Å². The molecule has 0 heterocycles. The number of rotatable bonds is 11. The first kappa shape index (κ1) is 21.4. The monoisotopic (exact) mass is 383 g/mol. The maximum absolute atomic E-state index is 12.2. The van der Waals surface area contributed by atoms with Crippen LogP contribution in [0.15, 0.2) is 29.3 Å². The summed E-state index contributed by atoms with van der Waals surface area (Å²) < 4.78 is 34.4. The molecule has 0 bridgehead atoms. The molecule has 0 atom stereocenters. The molecule has 5 nitrogen and oxygen atoms in total. The minimum atomic E-state index is -2.80. The maximum atomic E-state index is 12.2. The van der Waals surface area contributed by atoms with E-state index in [-0.39, 0.29) is 5.75 Å². The van der Waals surface area contributed by atoms with Gasteiger partial charge in [-0.15, -0.1) is 0 Å². The number of nitrogens with one attached hydrogen (secondary N) is 1. The molecule has 0 radical (unpaired) electrons. The van der Waals surface area contributed by atoms with E-state index < -0.39 is 6.61 Å².